The van der Waals surface area contributed by atoms with Gasteiger partial charge in [-0.1, -0.05) is 112 Å². The summed E-state index contributed by atoms with van der Waals surface area (Å²) in [6, 6.07) is 30.7. The van der Waals surface area contributed by atoms with Crippen LogP contribution in [-0.4, -0.2) is 52.4 Å². The number of nitrogens with one attached hydrogen (secondary N) is 1. The van der Waals surface area contributed by atoms with E-state index in [2.05, 4.69) is 91.7 Å². The fraction of sp³-hybridized carbons (Fsp3) is 0.406. The van der Waals surface area contributed by atoms with E-state index < -0.39 is 15.4 Å². The molecule has 1 heterocycles. The highest BCUT2D eigenvalue weighted by Crippen LogP contribution is 2.43. The van der Waals surface area contributed by atoms with Gasteiger partial charge in [0, 0.05) is 19.7 Å². The normalized spacial score (nSPS) is 17.7. The number of amides is 1. The van der Waals surface area contributed by atoms with Gasteiger partial charge in [-0.2, -0.15) is 0 Å². The van der Waals surface area contributed by atoms with Crippen molar-refractivity contribution < 1.29 is 14.0 Å². The molecular formula is C32H42N2O3Si. The molecule has 3 aromatic carbocycles. The largest absolute Gasteiger partial charge is 0.408 e. The Bertz CT molecular complexity index is 1100. The lowest BCUT2D eigenvalue weighted by atomic mass is 9.77. The number of rotatable bonds is 11. The van der Waals surface area contributed by atoms with Crippen LogP contribution in [0.15, 0.2) is 91.0 Å². The molecule has 0 aliphatic carbocycles. The molecule has 1 N–H and O–H groups in total. The van der Waals surface area contributed by atoms with Gasteiger partial charge in [-0.3, -0.25) is 4.79 Å². The average Bonchev–Trinajstić information content (AvgIpc) is 2.93. The summed E-state index contributed by atoms with van der Waals surface area (Å²) in [4.78, 5) is 15.8. The molecule has 0 saturated carbocycles. The summed E-state index contributed by atoms with van der Waals surface area (Å²) in [6.07, 6.45) is 0.660. The third-order valence-electron chi connectivity index (χ3n) is 7.09. The first-order chi connectivity index (χ1) is 18.3. The number of carbonyl (C=O) groups is 1. The Balaban J connectivity index is 1.78. The van der Waals surface area contributed by atoms with Gasteiger partial charge < -0.3 is 19.4 Å². The van der Waals surface area contributed by atoms with Crippen LogP contribution in [0.25, 0.3) is 0 Å². The molecule has 38 heavy (non-hydrogen) atoms. The van der Waals surface area contributed by atoms with Crippen LogP contribution in [0.5, 0.6) is 0 Å². The van der Waals surface area contributed by atoms with Crippen LogP contribution >= 0.6 is 0 Å². The molecule has 0 aromatic heterocycles. The Kier molecular flexibility index (Phi) is 9.55. The van der Waals surface area contributed by atoms with Gasteiger partial charge in [0.05, 0.1) is 18.7 Å². The van der Waals surface area contributed by atoms with Gasteiger partial charge in [0.2, 0.25) is 5.91 Å². The third-order valence-corrected chi connectivity index (χ3v) is 8.55. The van der Waals surface area contributed by atoms with Crippen molar-refractivity contribution in [1.29, 1.82) is 0 Å². The molecule has 0 spiro atoms. The van der Waals surface area contributed by atoms with Crippen molar-refractivity contribution in [2.75, 3.05) is 19.7 Å². The zero-order valence-electron chi connectivity index (χ0n) is 23.2. The maximum absolute atomic E-state index is 13.7. The summed E-state index contributed by atoms with van der Waals surface area (Å²) in [7, 11) is -1.02. The van der Waals surface area contributed by atoms with Crippen molar-refractivity contribution >= 4 is 15.7 Å². The highest BCUT2D eigenvalue weighted by atomic mass is 28.2. The Morgan fingerprint density at radius 1 is 0.921 bits per heavy atom. The third kappa shape index (κ3) is 6.80. The van der Waals surface area contributed by atoms with Crippen LogP contribution in [-0.2, 0) is 26.2 Å². The SMILES string of the molecule is C[C@@H]1NCCN([C@@H](CCOCc2ccccc2)C(O[SiH2]C(C)(C)C)(c2ccccc2)c2ccccc2)C1=O. The zero-order valence-corrected chi connectivity index (χ0v) is 24.6. The standard InChI is InChI=1S/C32H42N2O3Si/c1-25-30(35)34(22-21-33-25)29(20-23-36-24-26-14-8-5-9-15-26)32(37-38-31(2,3)4,27-16-10-6-11-17-27)28-18-12-7-13-19-28/h5-19,25,29,33H,20-24,38H2,1-4H3/t25-,29-/m0/s1. The molecule has 0 radical (unpaired) electrons. The molecule has 1 aliphatic heterocycles. The van der Waals surface area contributed by atoms with Crippen LogP contribution in [0.3, 0.4) is 0 Å². The molecule has 6 heteroatoms. The molecule has 1 fully saturated rings. The molecule has 202 valence electrons. The van der Waals surface area contributed by atoms with E-state index in [9.17, 15) is 4.79 Å². The Morgan fingerprint density at radius 3 is 2.03 bits per heavy atom. The van der Waals surface area contributed by atoms with E-state index in [1.54, 1.807) is 0 Å². The average molecular weight is 531 g/mol. The monoisotopic (exact) mass is 530 g/mol. The van der Waals surface area contributed by atoms with Crippen LogP contribution in [0.4, 0.5) is 0 Å². The molecule has 0 bridgehead atoms. The number of piperazine rings is 1. The number of nitrogens with zero attached hydrogens (tertiary/aromatic N) is 1. The maximum atomic E-state index is 13.7. The fourth-order valence-corrected chi connectivity index (χ4v) is 6.40. The molecule has 3 aromatic rings. The van der Waals surface area contributed by atoms with Gasteiger partial charge in [0.15, 0.2) is 9.76 Å². The van der Waals surface area contributed by atoms with Crippen LogP contribution in [0.1, 0.15) is 50.8 Å². The summed E-state index contributed by atoms with van der Waals surface area (Å²) in [5, 5.41) is 3.41. The maximum Gasteiger partial charge on any atom is 0.239 e. The Labute approximate surface area is 230 Å². The van der Waals surface area contributed by atoms with Crippen LogP contribution < -0.4 is 5.32 Å². The quantitative estimate of drug-likeness (QED) is 0.279. The number of ether oxygens (including phenoxy) is 1. The molecule has 2 atom stereocenters. The van der Waals surface area contributed by atoms with Gasteiger partial charge in [-0.25, -0.2) is 0 Å². The number of hydrogen-bond donors (Lipinski definition) is 1. The first kappa shape index (κ1) is 28.2. The second-order valence-electron chi connectivity index (χ2n) is 11.4. The van der Waals surface area contributed by atoms with Gasteiger partial charge >= 0.3 is 0 Å². The van der Waals surface area contributed by atoms with Gasteiger partial charge in [-0.15, -0.1) is 0 Å². The van der Waals surface area contributed by atoms with E-state index in [4.69, 9.17) is 9.16 Å². The lowest BCUT2D eigenvalue weighted by Crippen LogP contribution is -2.63. The van der Waals surface area contributed by atoms with Crippen molar-refractivity contribution in [2.24, 2.45) is 0 Å². The zero-order chi connectivity index (χ0) is 27.0. The number of benzene rings is 3. The van der Waals surface area contributed by atoms with E-state index >= 15 is 0 Å². The molecule has 1 amide bonds. The van der Waals surface area contributed by atoms with E-state index in [0.717, 1.165) is 23.2 Å². The van der Waals surface area contributed by atoms with Crippen molar-refractivity contribution in [3.05, 3.63) is 108 Å². The highest BCUT2D eigenvalue weighted by Gasteiger charge is 2.48. The summed E-state index contributed by atoms with van der Waals surface area (Å²) in [5.74, 6) is 0.113. The van der Waals surface area contributed by atoms with Crippen LogP contribution in [0, 0.1) is 0 Å². The minimum atomic E-state index is -1.02. The molecule has 1 saturated heterocycles. The topological polar surface area (TPSA) is 50.8 Å². The van der Waals surface area contributed by atoms with E-state index in [-0.39, 0.29) is 23.0 Å². The van der Waals surface area contributed by atoms with E-state index in [1.807, 2.05) is 37.3 Å². The second kappa shape index (κ2) is 12.9. The second-order valence-corrected chi connectivity index (χ2v) is 14.1. The predicted molar refractivity (Wildman–Crippen MR) is 157 cm³/mol. The minimum absolute atomic E-state index is 0.0733. The first-order valence-electron chi connectivity index (χ1n) is 13.7. The molecule has 0 unspecified atom stereocenters. The number of hydrogen-bond acceptors (Lipinski definition) is 4. The summed E-state index contributed by atoms with van der Waals surface area (Å²) in [5.41, 5.74) is 2.50. The van der Waals surface area contributed by atoms with Crippen molar-refractivity contribution in [3.8, 4) is 0 Å². The predicted octanol–water partition coefficient (Wildman–Crippen LogP) is 5.04. The lowest BCUT2D eigenvalue weighted by molar-refractivity contribution is -0.144. The first-order valence-corrected chi connectivity index (χ1v) is 15.0. The summed E-state index contributed by atoms with van der Waals surface area (Å²) >= 11 is 0. The fourth-order valence-electron chi connectivity index (χ4n) is 5.21. The van der Waals surface area contributed by atoms with E-state index in [1.165, 1.54) is 0 Å². The number of carbonyl (C=O) groups excluding carboxylic acids is 1. The smallest absolute Gasteiger partial charge is 0.239 e. The van der Waals surface area contributed by atoms with Crippen molar-refractivity contribution in [2.45, 2.75) is 63.4 Å². The van der Waals surface area contributed by atoms with Crippen molar-refractivity contribution in [3.63, 3.8) is 0 Å². The Morgan fingerprint density at radius 2 is 1.47 bits per heavy atom. The molecule has 4 rings (SSSR count). The van der Waals surface area contributed by atoms with Gasteiger partial charge in [-0.05, 0) is 35.1 Å². The van der Waals surface area contributed by atoms with Crippen LogP contribution in [0.2, 0.25) is 5.04 Å². The van der Waals surface area contributed by atoms with E-state index in [0.29, 0.717) is 26.2 Å². The lowest BCUT2D eigenvalue weighted by Gasteiger charge is -2.49. The van der Waals surface area contributed by atoms with Crippen molar-refractivity contribution in [1.82, 2.24) is 10.2 Å². The van der Waals surface area contributed by atoms with Gasteiger partial charge in [0.25, 0.3) is 0 Å². The summed E-state index contributed by atoms with van der Waals surface area (Å²) in [6.45, 7) is 11.1. The minimum Gasteiger partial charge on any atom is -0.408 e. The summed E-state index contributed by atoms with van der Waals surface area (Å²) < 4.78 is 13.5. The Hall–Kier alpha value is -2.77. The molecule has 5 nitrogen and oxygen atoms in total. The van der Waals surface area contributed by atoms with Gasteiger partial charge in [0.1, 0.15) is 5.60 Å². The molecular weight excluding hydrogens is 488 g/mol. The molecule has 1 aliphatic rings. The highest BCUT2D eigenvalue weighted by molar-refractivity contribution is 6.32.